The van der Waals surface area contributed by atoms with Crippen LogP contribution in [0.25, 0.3) is 44.8 Å². The minimum atomic E-state index is -1.09. The van der Waals surface area contributed by atoms with Gasteiger partial charge in [-0.1, -0.05) is 39.3 Å². The Labute approximate surface area is 402 Å². The molecule has 6 aromatic rings. The van der Waals surface area contributed by atoms with Crippen molar-refractivity contribution in [2.75, 3.05) is 39.4 Å². The first-order valence-electron chi connectivity index (χ1n) is 23.8. The first-order valence-corrected chi connectivity index (χ1v) is 31.2. The van der Waals surface area contributed by atoms with Crippen molar-refractivity contribution in [3.63, 3.8) is 0 Å². The van der Waals surface area contributed by atoms with Gasteiger partial charge in [-0.05, 0) is 99.1 Å². The highest BCUT2D eigenvalue weighted by atomic mass is 28.3. The molecule has 0 unspecified atom stereocenters. The van der Waals surface area contributed by atoms with Crippen molar-refractivity contribution in [3.8, 4) is 22.5 Å². The minimum Gasteiger partial charge on any atom is -0.394 e. The highest BCUT2D eigenvalue weighted by Gasteiger charge is 2.26. The molecule has 2 saturated heterocycles. The number of rotatable bonds is 16. The Hall–Kier alpha value is -5.54. The molecule has 0 radical (unpaired) electrons. The van der Waals surface area contributed by atoms with Crippen molar-refractivity contribution in [2.45, 2.75) is 111 Å². The normalized spacial score (nSPS) is 16.0. The standard InChI is InChI=1S/C24H33N5O2Si.C22H31N5OSi.C4H6O3/c1-18(30)28-10-7-19(16-28)14-22-20(6-5-9-25-22)23-15-26-24-21(27-23)8-11-29(24)17-31-12-13-32(2,3)4;1-29(2,3)12-11-28-16-27-10-7-19-22(27)25-15-21(26-19)18-5-4-8-24-20(18)13-17-6-9-23-14-17;1-3(5)7-4(2)6/h5-6,8-9,11,15,19H,7,10,12-14,16-17H2,1-4H3;4-5,7-8,10,15,17,23H,6,9,11-14,16H2,1-3H3;1-2H3/t19-;17-;/m00./s1. The summed E-state index contributed by atoms with van der Waals surface area (Å²) in [5.74, 6) is 0.104. The summed E-state index contributed by atoms with van der Waals surface area (Å²) < 4.78 is 19.8. The van der Waals surface area contributed by atoms with Gasteiger partial charge in [0.25, 0.3) is 0 Å². The molecule has 364 valence electrons. The Kier molecular flexibility index (Phi) is 18.4. The number of ether oxygens (including phenoxy) is 3. The van der Waals surface area contributed by atoms with Gasteiger partial charge < -0.3 is 33.6 Å². The Morgan fingerprint density at radius 3 is 1.59 bits per heavy atom. The third-order valence-corrected chi connectivity index (χ3v) is 15.3. The van der Waals surface area contributed by atoms with Crippen LogP contribution in [0.15, 0.2) is 73.6 Å². The number of fused-ring (bicyclic) bond motifs is 2. The van der Waals surface area contributed by atoms with Crippen LogP contribution in [0.2, 0.25) is 51.4 Å². The predicted octanol–water partition coefficient (Wildman–Crippen LogP) is 8.27. The number of hydrogen-bond donors (Lipinski definition) is 1. The quantitative estimate of drug-likeness (QED) is 0.0424. The van der Waals surface area contributed by atoms with Crippen LogP contribution >= 0.6 is 0 Å². The van der Waals surface area contributed by atoms with Crippen molar-refractivity contribution in [3.05, 3.63) is 85.0 Å². The van der Waals surface area contributed by atoms with Crippen LogP contribution in [0.3, 0.4) is 0 Å². The summed E-state index contributed by atoms with van der Waals surface area (Å²) in [6, 6.07) is 14.4. The van der Waals surface area contributed by atoms with Crippen molar-refractivity contribution < 1.29 is 28.6 Å². The Morgan fingerprint density at radius 2 is 1.18 bits per heavy atom. The van der Waals surface area contributed by atoms with Gasteiger partial charge in [0.2, 0.25) is 5.91 Å². The topological polar surface area (TPSA) is 181 Å². The molecule has 2 aliphatic heterocycles. The molecular formula is C50H70N10O6Si2. The van der Waals surface area contributed by atoms with Crippen LogP contribution in [0.5, 0.6) is 0 Å². The SMILES string of the molecule is CC(=O)N1CC[C@@H](Cc2ncccc2-c2cnc3c(ccn3COCC[Si](C)(C)C)n2)C1.CC(=O)OC(C)=O.C[Si](C)(C)CCOCn1ccc2nc(-c3cccnc3C[C@@H]3CCNC3)cnc21. The van der Waals surface area contributed by atoms with E-state index in [-0.39, 0.29) is 5.91 Å². The molecule has 0 saturated carbocycles. The number of hydrogen-bond acceptors (Lipinski definition) is 13. The zero-order valence-electron chi connectivity index (χ0n) is 41.5. The van der Waals surface area contributed by atoms with Crippen molar-refractivity contribution >= 4 is 56.3 Å². The molecule has 0 spiro atoms. The molecule has 2 fully saturated rings. The van der Waals surface area contributed by atoms with Crippen LogP contribution in [-0.4, -0.2) is 117 Å². The first kappa shape index (κ1) is 51.8. The molecule has 68 heavy (non-hydrogen) atoms. The van der Waals surface area contributed by atoms with Crippen molar-refractivity contribution in [2.24, 2.45) is 11.8 Å². The summed E-state index contributed by atoms with van der Waals surface area (Å²) in [6.07, 6.45) is 15.5. The van der Waals surface area contributed by atoms with Gasteiger partial charge in [-0.15, -0.1) is 0 Å². The predicted molar refractivity (Wildman–Crippen MR) is 271 cm³/mol. The Balaban J connectivity index is 0.000000197. The van der Waals surface area contributed by atoms with Gasteiger partial charge in [0.15, 0.2) is 11.3 Å². The molecule has 8 heterocycles. The number of carbonyl (C=O) groups is 3. The number of carbonyl (C=O) groups excluding carboxylic acids is 3. The second-order valence-electron chi connectivity index (χ2n) is 20.2. The third-order valence-electron chi connectivity index (χ3n) is 11.9. The maximum absolute atomic E-state index is 11.7. The van der Waals surface area contributed by atoms with Crippen molar-refractivity contribution in [1.29, 1.82) is 0 Å². The summed E-state index contributed by atoms with van der Waals surface area (Å²) in [5, 5.41) is 3.44. The van der Waals surface area contributed by atoms with Crippen molar-refractivity contribution in [1.82, 2.24) is 49.3 Å². The fraction of sp³-hybridized carbons (Fsp3) is 0.500. The third kappa shape index (κ3) is 15.8. The van der Waals surface area contributed by atoms with E-state index in [1.54, 1.807) is 6.92 Å². The minimum absolute atomic E-state index is 0.152. The summed E-state index contributed by atoms with van der Waals surface area (Å²) >= 11 is 0. The molecule has 0 bridgehead atoms. The van der Waals surface area contributed by atoms with Crippen LogP contribution < -0.4 is 5.32 Å². The highest BCUT2D eigenvalue weighted by Crippen LogP contribution is 2.28. The van der Waals surface area contributed by atoms with Gasteiger partial charge in [-0.2, -0.15) is 0 Å². The highest BCUT2D eigenvalue weighted by molar-refractivity contribution is 6.76. The second-order valence-corrected chi connectivity index (χ2v) is 31.4. The first-order chi connectivity index (χ1) is 32.4. The second kappa shape index (κ2) is 24.1. The van der Waals surface area contributed by atoms with Crippen LogP contribution in [-0.2, 0) is 54.9 Å². The zero-order valence-corrected chi connectivity index (χ0v) is 43.5. The average molecular weight is 963 g/mol. The molecule has 1 amide bonds. The van der Waals surface area contributed by atoms with E-state index in [4.69, 9.17) is 29.4 Å². The molecule has 2 atom stereocenters. The molecule has 6 aromatic heterocycles. The molecule has 0 aliphatic carbocycles. The number of pyridine rings is 2. The summed E-state index contributed by atoms with van der Waals surface area (Å²) in [5.41, 5.74) is 9.42. The van der Waals surface area contributed by atoms with Gasteiger partial charge in [0.1, 0.15) is 24.5 Å². The van der Waals surface area contributed by atoms with E-state index < -0.39 is 28.1 Å². The van der Waals surface area contributed by atoms with E-state index in [1.165, 1.54) is 26.3 Å². The van der Waals surface area contributed by atoms with Gasteiger partial charge in [-0.3, -0.25) is 24.4 Å². The van der Waals surface area contributed by atoms with E-state index in [1.807, 2.05) is 75.5 Å². The Morgan fingerprint density at radius 1 is 0.676 bits per heavy atom. The maximum Gasteiger partial charge on any atom is 0.310 e. The number of amides is 1. The molecular weight excluding hydrogens is 893 g/mol. The van der Waals surface area contributed by atoms with E-state index in [2.05, 4.69) is 71.4 Å². The smallest absolute Gasteiger partial charge is 0.310 e. The molecule has 18 heteroatoms. The van der Waals surface area contributed by atoms with Gasteiger partial charge >= 0.3 is 11.9 Å². The molecule has 8 rings (SSSR count). The van der Waals surface area contributed by atoms with Gasteiger partial charge in [0, 0.05) is 99.1 Å². The van der Waals surface area contributed by atoms with E-state index in [9.17, 15) is 14.4 Å². The van der Waals surface area contributed by atoms with Crippen LogP contribution in [0.4, 0.5) is 0 Å². The summed E-state index contributed by atoms with van der Waals surface area (Å²) in [4.78, 5) is 61.7. The largest absolute Gasteiger partial charge is 0.394 e. The number of aromatic nitrogens is 8. The van der Waals surface area contributed by atoms with E-state index in [0.29, 0.717) is 25.3 Å². The molecule has 2 aliphatic rings. The monoisotopic (exact) mass is 963 g/mol. The maximum atomic E-state index is 11.7. The number of nitrogens with zero attached hydrogens (tertiary/aromatic N) is 9. The molecule has 16 nitrogen and oxygen atoms in total. The van der Waals surface area contributed by atoms with Crippen LogP contribution in [0.1, 0.15) is 45.0 Å². The fourth-order valence-corrected chi connectivity index (χ4v) is 9.58. The van der Waals surface area contributed by atoms with E-state index >= 15 is 0 Å². The average Bonchev–Trinajstić information content (AvgIpc) is 4.12. The lowest BCUT2D eigenvalue weighted by atomic mass is 9.98. The zero-order chi connectivity index (χ0) is 48.8. The van der Waals surface area contributed by atoms with Crippen LogP contribution in [0, 0.1) is 11.8 Å². The lowest BCUT2D eigenvalue weighted by Crippen LogP contribution is -2.26. The van der Waals surface area contributed by atoms with Gasteiger partial charge in [0.05, 0.1) is 35.2 Å². The van der Waals surface area contributed by atoms with Gasteiger partial charge in [-0.25, -0.2) is 19.9 Å². The number of nitrogens with one attached hydrogen (secondary N) is 1. The lowest BCUT2D eigenvalue weighted by Gasteiger charge is -2.15. The van der Waals surface area contributed by atoms with E-state index in [0.717, 1.165) is 121 Å². The lowest BCUT2D eigenvalue weighted by molar-refractivity contribution is -0.156. The summed E-state index contributed by atoms with van der Waals surface area (Å²) in [7, 11) is -2.16. The number of likely N-dealkylation sites (tertiary alicyclic amines) is 1. The number of esters is 2. The Bertz CT molecular complexity index is 2610. The summed E-state index contributed by atoms with van der Waals surface area (Å²) in [6.45, 7) is 24.6. The molecule has 1 N–H and O–H groups in total. The molecule has 0 aromatic carbocycles. The fourth-order valence-electron chi connectivity index (χ4n) is 8.06.